The molecular formula is C16H19BrN4O4. The summed E-state index contributed by atoms with van der Waals surface area (Å²) in [6.07, 6.45) is 2.52. The van der Waals surface area contributed by atoms with Crippen molar-refractivity contribution in [2.45, 2.75) is 32.3 Å². The number of halogens is 1. The first kappa shape index (κ1) is 18.9. The molecule has 0 saturated heterocycles. The molecule has 0 radical (unpaired) electrons. The maximum absolute atomic E-state index is 11.7. The highest BCUT2D eigenvalue weighted by Gasteiger charge is 2.11. The van der Waals surface area contributed by atoms with Gasteiger partial charge in [0.2, 0.25) is 5.82 Å². The molecule has 1 heterocycles. The minimum Gasteiger partial charge on any atom is -0.456 e. The lowest BCUT2D eigenvalue weighted by Gasteiger charge is -2.03. The molecule has 3 N–H and O–H groups in total. The zero-order chi connectivity index (χ0) is 18.1. The molecule has 0 bridgehead atoms. The van der Waals surface area contributed by atoms with E-state index in [0.29, 0.717) is 25.2 Å². The van der Waals surface area contributed by atoms with Gasteiger partial charge in [0.05, 0.1) is 0 Å². The molecule has 0 aliphatic carbocycles. The van der Waals surface area contributed by atoms with Crippen LogP contribution >= 0.6 is 15.9 Å². The predicted molar refractivity (Wildman–Crippen MR) is 93.3 cm³/mol. The summed E-state index contributed by atoms with van der Waals surface area (Å²) in [5.41, 5.74) is 5.76. The first-order chi connectivity index (χ1) is 12.0. The molecule has 0 unspecified atom stereocenters. The Morgan fingerprint density at radius 3 is 2.88 bits per heavy atom. The van der Waals surface area contributed by atoms with Crippen LogP contribution in [0, 0.1) is 0 Å². The third kappa shape index (κ3) is 6.92. The van der Waals surface area contributed by atoms with Gasteiger partial charge in [-0.1, -0.05) is 39.6 Å². The van der Waals surface area contributed by atoms with Crippen LogP contribution in [0.1, 0.15) is 31.6 Å². The van der Waals surface area contributed by atoms with Gasteiger partial charge in [-0.05, 0) is 25.0 Å². The molecule has 1 aromatic carbocycles. The number of aromatic nitrogens is 2. The highest BCUT2D eigenvalue weighted by molar-refractivity contribution is 9.10. The number of primary amides is 1. The first-order valence-electron chi connectivity index (χ1n) is 7.82. The van der Waals surface area contributed by atoms with E-state index in [1.807, 2.05) is 24.3 Å². The Hall–Kier alpha value is -2.42. The van der Waals surface area contributed by atoms with Gasteiger partial charge in [0.15, 0.2) is 6.61 Å². The van der Waals surface area contributed by atoms with Gasteiger partial charge in [-0.25, -0.2) is 4.79 Å². The zero-order valence-corrected chi connectivity index (χ0v) is 15.1. The minimum atomic E-state index is -0.541. The summed E-state index contributed by atoms with van der Waals surface area (Å²) in [5, 5.41) is 6.36. The van der Waals surface area contributed by atoms with Crippen molar-refractivity contribution in [1.82, 2.24) is 15.5 Å². The number of nitrogens with zero attached hydrogens (tertiary/aromatic N) is 2. The third-order valence-corrected chi connectivity index (χ3v) is 3.76. The Labute approximate surface area is 153 Å². The smallest absolute Gasteiger partial charge is 0.312 e. The molecule has 0 aliphatic rings. The fraction of sp³-hybridized carbons (Fsp3) is 0.375. The van der Waals surface area contributed by atoms with Crippen molar-refractivity contribution in [2.75, 3.05) is 6.54 Å². The van der Waals surface area contributed by atoms with Crippen LogP contribution in [0.3, 0.4) is 0 Å². The normalized spacial score (nSPS) is 10.4. The van der Waals surface area contributed by atoms with E-state index in [9.17, 15) is 9.59 Å². The summed E-state index contributed by atoms with van der Waals surface area (Å²) in [4.78, 5) is 26.4. The van der Waals surface area contributed by atoms with E-state index >= 15 is 0 Å². The van der Waals surface area contributed by atoms with E-state index in [1.165, 1.54) is 0 Å². The van der Waals surface area contributed by atoms with Gasteiger partial charge in [-0.15, -0.1) is 0 Å². The maximum atomic E-state index is 11.7. The number of benzene rings is 1. The standard InChI is InChI=1S/C16H19BrN4O4/c17-12-6-4-5-11(9-12)15-20-13(25-21-15)10-24-14(22)7-2-1-3-8-19-16(18)23/h4-6,9H,1-3,7-8,10H2,(H3,18,19,23). The number of carbonyl (C=O) groups is 2. The van der Waals surface area contributed by atoms with E-state index in [-0.39, 0.29) is 18.5 Å². The van der Waals surface area contributed by atoms with Crippen molar-refractivity contribution in [3.8, 4) is 11.4 Å². The predicted octanol–water partition coefficient (Wildman–Crippen LogP) is 2.77. The fourth-order valence-corrected chi connectivity index (χ4v) is 2.45. The van der Waals surface area contributed by atoms with Crippen molar-refractivity contribution in [3.05, 3.63) is 34.6 Å². The summed E-state index contributed by atoms with van der Waals surface area (Å²) in [6, 6.07) is 6.96. The number of nitrogens with one attached hydrogen (secondary N) is 1. The second kappa shape index (κ2) is 9.77. The monoisotopic (exact) mass is 410 g/mol. The molecule has 1 aromatic heterocycles. The Kier molecular flexibility index (Phi) is 7.39. The molecule has 0 fully saturated rings. The van der Waals surface area contributed by atoms with Crippen molar-refractivity contribution in [3.63, 3.8) is 0 Å². The molecule has 2 rings (SSSR count). The lowest BCUT2D eigenvalue weighted by Crippen LogP contribution is -2.29. The average molecular weight is 411 g/mol. The van der Waals surface area contributed by atoms with Crippen LogP contribution in [-0.4, -0.2) is 28.7 Å². The fourth-order valence-electron chi connectivity index (χ4n) is 2.06. The number of carbonyl (C=O) groups excluding carboxylic acids is 2. The SMILES string of the molecule is NC(=O)NCCCCCC(=O)OCc1nc(-c2cccc(Br)c2)no1. The van der Waals surface area contributed by atoms with Crippen LogP contribution in [0.25, 0.3) is 11.4 Å². The Morgan fingerprint density at radius 2 is 2.12 bits per heavy atom. The van der Waals surface area contributed by atoms with E-state index in [2.05, 4.69) is 31.4 Å². The average Bonchev–Trinajstić information content (AvgIpc) is 3.05. The summed E-state index contributed by atoms with van der Waals surface area (Å²) in [6.45, 7) is 0.452. The first-order valence-corrected chi connectivity index (χ1v) is 8.61. The molecule has 0 saturated carbocycles. The van der Waals surface area contributed by atoms with Gasteiger partial charge < -0.3 is 20.3 Å². The van der Waals surface area contributed by atoms with Crippen molar-refractivity contribution in [2.24, 2.45) is 5.73 Å². The molecule has 9 heteroatoms. The Morgan fingerprint density at radius 1 is 1.28 bits per heavy atom. The van der Waals surface area contributed by atoms with Crippen LogP contribution < -0.4 is 11.1 Å². The molecule has 134 valence electrons. The molecule has 2 amide bonds. The third-order valence-electron chi connectivity index (χ3n) is 3.26. The van der Waals surface area contributed by atoms with Crippen molar-refractivity contribution >= 4 is 27.9 Å². The summed E-state index contributed by atoms with van der Waals surface area (Å²) < 4.78 is 11.1. The van der Waals surface area contributed by atoms with Gasteiger partial charge in [0, 0.05) is 23.0 Å². The lowest BCUT2D eigenvalue weighted by atomic mass is 10.2. The maximum Gasteiger partial charge on any atom is 0.312 e. The van der Waals surface area contributed by atoms with E-state index in [0.717, 1.165) is 22.9 Å². The number of hydrogen-bond acceptors (Lipinski definition) is 6. The highest BCUT2D eigenvalue weighted by atomic mass is 79.9. The van der Waals surface area contributed by atoms with Gasteiger partial charge in [0.1, 0.15) is 0 Å². The molecule has 0 spiro atoms. The second-order valence-electron chi connectivity index (χ2n) is 5.28. The zero-order valence-electron chi connectivity index (χ0n) is 13.5. The van der Waals surface area contributed by atoms with Crippen molar-refractivity contribution in [1.29, 1.82) is 0 Å². The van der Waals surface area contributed by atoms with Crippen LogP contribution in [0.4, 0.5) is 4.79 Å². The van der Waals surface area contributed by atoms with Gasteiger partial charge >= 0.3 is 12.0 Å². The van der Waals surface area contributed by atoms with E-state index < -0.39 is 6.03 Å². The number of urea groups is 1. The molecule has 2 aromatic rings. The number of ether oxygens (including phenoxy) is 1. The van der Waals surface area contributed by atoms with E-state index in [1.54, 1.807) is 0 Å². The molecule has 25 heavy (non-hydrogen) atoms. The van der Waals surface area contributed by atoms with Crippen LogP contribution in [0.5, 0.6) is 0 Å². The van der Waals surface area contributed by atoms with Crippen LogP contribution in [0.2, 0.25) is 0 Å². The second-order valence-corrected chi connectivity index (χ2v) is 6.20. The molecule has 0 atom stereocenters. The quantitative estimate of drug-likeness (QED) is 0.484. The molecular weight excluding hydrogens is 392 g/mol. The summed E-state index contributed by atoms with van der Waals surface area (Å²) in [7, 11) is 0. The van der Waals surface area contributed by atoms with Crippen LogP contribution in [-0.2, 0) is 16.1 Å². The van der Waals surface area contributed by atoms with Gasteiger partial charge in [0.25, 0.3) is 5.89 Å². The largest absolute Gasteiger partial charge is 0.456 e. The molecule has 8 nitrogen and oxygen atoms in total. The number of amides is 2. The number of unbranched alkanes of at least 4 members (excludes halogenated alkanes) is 2. The minimum absolute atomic E-state index is 0.0525. The Balaban J connectivity index is 1.68. The highest BCUT2D eigenvalue weighted by Crippen LogP contribution is 2.20. The number of esters is 1. The van der Waals surface area contributed by atoms with E-state index in [4.69, 9.17) is 15.0 Å². The number of rotatable bonds is 9. The Bertz CT molecular complexity index is 720. The van der Waals surface area contributed by atoms with Gasteiger partial charge in [-0.2, -0.15) is 4.98 Å². The summed E-state index contributed by atoms with van der Waals surface area (Å²) in [5.74, 6) is 0.355. The number of hydrogen-bond donors (Lipinski definition) is 2. The number of nitrogens with two attached hydrogens (primary N) is 1. The topological polar surface area (TPSA) is 120 Å². The molecule has 0 aliphatic heterocycles. The lowest BCUT2D eigenvalue weighted by molar-refractivity contribution is -0.145. The summed E-state index contributed by atoms with van der Waals surface area (Å²) >= 11 is 3.38. The van der Waals surface area contributed by atoms with Crippen LogP contribution in [0.15, 0.2) is 33.3 Å². The van der Waals surface area contributed by atoms with Gasteiger partial charge in [-0.3, -0.25) is 4.79 Å². The van der Waals surface area contributed by atoms with Crippen molar-refractivity contribution < 1.29 is 18.8 Å².